The fourth-order valence-corrected chi connectivity index (χ4v) is 2.67. The summed E-state index contributed by atoms with van der Waals surface area (Å²) in [6, 6.07) is 4.02. The predicted molar refractivity (Wildman–Crippen MR) is 102 cm³/mol. The minimum absolute atomic E-state index is 0. The van der Waals surface area contributed by atoms with Gasteiger partial charge in [0.1, 0.15) is 11.6 Å². The van der Waals surface area contributed by atoms with Gasteiger partial charge in [0.05, 0.1) is 6.54 Å². The van der Waals surface area contributed by atoms with E-state index in [9.17, 15) is 0 Å². The molecule has 3 heterocycles. The molecule has 2 N–H and O–H groups in total. The number of rotatable bonds is 3. The lowest BCUT2D eigenvalue weighted by atomic mass is 10.1. The number of halogens is 1. The average molecular weight is 426 g/mol. The molecular weight excluding hydrogens is 403 g/mol. The molecule has 0 amide bonds. The minimum atomic E-state index is 0. The van der Waals surface area contributed by atoms with Crippen molar-refractivity contribution in [1.82, 2.24) is 19.4 Å². The lowest BCUT2D eigenvalue weighted by molar-refractivity contribution is 0.338. The SMILES string of the molecule is Cc1nccn1-c1ccc(CN=C(N)N2CCCCC2)cn1.I. The Balaban J connectivity index is 0.00000192. The van der Waals surface area contributed by atoms with Crippen LogP contribution in [0, 0.1) is 6.92 Å². The number of likely N-dealkylation sites (tertiary alicyclic amines) is 1. The summed E-state index contributed by atoms with van der Waals surface area (Å²) < 4.78 is 1.95. The van der Waals surface area contributed by atoms with Crippen molar-refractivity contribution in [1.29, 1.82) is 0 Å². The summed E-state index contributed by atoms with van der Waals surface area (Å²) in [5, 5.41) is 0. The van der Waals surface area contributed by atoms with E-state index in [1.165, 1.54) is 19.3 Å². The van der Waals surface area contributed by atoms with Gasteiger partial charge < -0.3 is 10.6 Å². The standard InChI is InChI=1S/C16H22N6.HI/c1-13-18-7-10-22(13)15-6-5-14(11-19-15)12-20-16(17)21-8-3-2-4-9-21;/h5-7,10-11H,2-4,8-9,12H2,1H3,(H2,17,20);1H. The highest BCUT2D eigenvalue weighted by molar-refractivity contribution is 14.0. The molecule has 7 heteroatoms. The Bertz CT molecular complexity index is 643. The highest BCUT2D eigenvalue weighted by Gasteiger charge is 2.11. The van der Waals surface area contributed by atoms with Gasteiger partial charge in [0, 0.05) is 31.7 Å². The molecule has 3 rings (SSSR count). The number of hydrogen-bond acceptors (Lipinski definition) is 3. The summed E-state index contributed by atoms with van der Waals surface area (Å²) in [6.07, 6.45) is 9.23. The number of pyridine rings is 1. The van der Waals surface area contributed by atoms with Gasteiger partial charge in [-0.05, 0) is 37.8 Å². The van der Waals surface area contributed by atoms with Crippen LogP contribution in [0.25, 0.3) is 5.82 Å². The minimum Gasteiger partial charge on any atom is -0.370 e. The molecule has 1 aliphatic rings. The summed E-state index contributed by atoms with van der Waals surface area (Å²) >= 11 is 0. The van der Waals surface area contributed by atoms with E-state index >= 15 is 0 Å². The number of nitrogens with zero attached hydrogens (tertiary/aromatic N) is 5. The number of piperidine rings is 1. The van der Waals surface area contributed by atoms with Gasteiger partial charge in [0.15, 0.2) is 5.96 Å². The Morgan fingerprint density at radius 3 is 2.61 bits per heavy atom. The van der Waals surface area contributed by atoms with E-state index in [4.69, 9.17) is 5.73 Å². The van der Waals surface area contributed by atoms with E-state index < -0.39 is 0 Å². The van der Waals surface area contributed by atoms with Crippen LogP contribution in [0.1, 0.15) is 30.7 Å². The Morgan fingerprint density at radius 2 is 2.00 bits per heavy atom. The van der Waals surface area contributed by atoms with Crippen LogP contribution in [-0.2, 0) is 6.54 Å². The molecule has 124 valence electrons. The summed E-state index contributed by atoms with van der Waals surface area (Å²) in [5.74, 6) is 2.44. The molecule has 23 heavy (non-hydrogen) atoms. The zero-order chi connectivity index (χ0) is 15.4. The van der Waals surface area contributed by atoms with Gasteiger partial charge in [-0.15, -0.1) is 24.0 Å². The molecule has 2 aromatic rings. The molecule has 0 bridgehead atoms. The summed E-state index contributed by atoms with van der Waals surface area (Å²) in [4.78, 5) is 15.3. The summed E-state index contributed by atoms with van der Waals surface area (Å²) in [5.41, 5.74) is 7.12. The summed E-state index contributed by atoms with van der Waals surface area (Å²) in [6.45, 7) is 4.57. The second kappa shape index (κ2) is 8.28. The van der Waals surface area contributed by atoms with Crippen molar-refractivity contribution in [2.45, 2.75) is 32.7 Å². The van der Waals surface area contributed by atoms with Crippen LogP contribution in [0.4, 0.5) is 0 Å². The average Bonchev–Trinajstić information content (AvgIpc) is 3.00. The first-order valence-electron chi connectivity index (χ1n) is 7.74. The third-order valence-electron chi connectivity index (χ3n) is 3.99. The maximum atomic E-state index is 6.07. The fourth-order valence-electron chi connectivity index (χ4n) is 2.67. The van der Waals surface area contributed by atoms with Crippen LogP contribution in [0.15, 0.2) is 35.7 Å². The molecular formula is C16H23IN6. The van der Waals surface area contributed by atoms with Gasteiger partial charge in [-0.2, -0.15) is 0 Å². The predicted octanol–water partition coefficient (Wildman–Crippen LogP) is 2.49. The lowest BCUT2D eigenvalue weighted by Crippen LogP contribution is -2.40. The Hall–Kier alpha value is -1.64. The quantitative estimate of drug-likeness (QED) is 0.465. The van der Waals surface area contributed by atoms with Gasteiger partial charge in [0.2, 0.25) is 0 Å². The summed E-state index contributed by atoms with van der Waals surface area (Å²) in [7, 11) is 0. The smallest absolute Gasteiger partial charge is 0.191 e. The first-order chi connectivity index (χ1) is 10.7. The molecule has 2 aromatic heterocycles. The van der Waals surface area contributed by atoms with E-state index in [0.29, 0.717) is 12.5 Å². The van der Waals surface area contributed by atoms with Gasteiger partial charge in [0.25, 0.3) is 0 Å². The van der Waals surface area contributed by atoms with Crippen molar-refractivity contribution in [3.8, 4) is 5.82 Å². The van der Waals surface area contributed by atoms with Crippen molar-refractivity contribution in [3.05, 3.63) is 42.1 Å². The topological polar surface area (TPSA) is 72.3 Å². The third kappa shape index (κ3) is 4.43. The Morgan fingerprint density at radius 1 is 1.22 bits per heavy atom. The van der Waals surface area contributed by atoms with Gasteiger partial charge in [-0.3, -0.25) is 4.57 Å². The molecule has 0 atom stereocenters. The van der Waals surface area contributed by atoms with Crippen LogP contribution in [-0.4, -0.2) is 38.5 Å². The van der Waals surface area contributed by atoms with Crippen LogP contribution in [0.2, 0.25) is 0 Å². The lowest BCUT2D eigenvalue weighted by Gasteiger charge is -2.27. The molecule has 1 aliphatic heterocycles. The number of guanidine groups is 1. The molecule has 0 radical (unpaired) electrons. The van der Waals surface area contributed by atoms with Crippen molar-refractivity contribution in [2.75, 3.05) is 13.1 Å². The van der Waals surface area contributed by atoms with Crippen LogP contribution in [0.3, 0.4) is 0 Å². The monoisotopic (exact) mass is 426 g/mol. The first-order valence-corrected chi connectivity index (χ1v) is 7.74. The Labute approximate surface area is 153 Å². The van der Waals surface area contributed by atoms with Crippen molar-refractivity contribution >= 4 is 29.9 Å². The fraction of sp³-hybridized carbons (Fsp3) is 0.438. The van der Waals surface area contributed by atoms with Crippen molar-refractivity contribution < 1.29 is 0 Å². The number of hydrogen-bond donors (Lipinski definition) is 1. The van der Waals surface area contributed by atoms with E-state index in [1.54, 1.807) is 6.20 Å². The number of aromatic nitrogens is 3. The maximum absolute atomic E-state index is 6.07. The highest BCUT2D eigenvalue weighted by atomic mass is 127. The zero-order valence-corrected chi connectivity index (χ0v) is 15.7. The molecule has 0 saturated carbocycles. The maximum Gasteiger partial charge on any atom is 0.191 e. The molecule has 0 unspecified atom stereocenters. The van der Waals surface area contributed by atoms with Crippen LogP contribution >= 0.6 is 24.0 Å². The van der Waals surface area contributed by atoms with Crippen molar-refractivity contribution in [2.24, 2.45) is 10.7 Å². The van der Waals surface area contributed by atoms with Crippen LogP contribution in [0.5, 0.6) is 0 Å². The first kappa shape index (κ1) is 17.7. The molecule has 0 aromatic carbocycles. The largest absolute Gasteiger partial charge is 0.370 e. The van der Waals surface area contributed by atoms with Gasteiger partial charge in [-0.25, -0.2) is 15.0 Å². The number of aliphatic imine (C=N–C) groups is 1. The van der Waals surface area contributed by atoms with E-state index in [-0.39, 0.29) is 24.0 Å². The highest BCUT2D eigenvalue weighted by Crippen LogP contribution is 2.10. The second-order valence-corrected chi connectivity index (χ2v) is 5.59. The molecule has 0 aliphatic carbocycles. The van der Waals surface area contributed by atoms with E-state index in [2.05, 4.69) is 19.9 Å². The normalized spacial score (nSPS) is 15.3. The number of aryl methyl sites for hydroxylation is 1. The Kier molecular flexibility index (Phi) is 6.37. The number of nitrogens with two attached hydrogens (primary N) is 1. The van der Waals surface area contributed by atoms with Crippen molar-refractivity contribution in [3.63, 3.8) is 0 Å². The molecule has 1 fully saturated rings. The molecule has 0 spiro atoms. The zero-order valence-electron chi connectivity index (χ0n) is 13.4. The third-order valence-corrected chi connectivity index (χ3v) is 3.99. The van der Waals surface area contributed by atoms with Gasteiger partial charge in [-0.1, -0.05) is 6.07 Å². The van der Waals surface area contributed by atoms with E-state index in [0.717, 1.165) is 30.3 Å². The molecule has 1 saturated heterocycles. The van der Waals surface area contributed by atoms with E-state index in [1.807, 2.05) is 36.0 Å². The van der Waals surface area contributed by atoms with Gasteiger partial charge >= 0.3 is 0 Å². The van der Waals surface area contributed by atoms with Crippen LogP contribution < -0.4 is 5.73 Å². The molecule has 6 nitrogen and oxygen atoms in total. The second-order valence-electron chi connectivity index (χ2n) is 5.59. The number of imidazole rings is 1.